The monoisotopic (exact) mass is 330 g/mol. The molecule has 12 heavy (non-hydrogen) atoms. The standard InChI is InChI=1S/C7H5Br2ClOS/c1-3(8)6(11)5-2-4(10)7(9)12-5/h2-3H,1H3. The van der Waals surface area contributed by atoms with E-state index < -0.39 is 0 Å². The summed E-state index contributed by atoms with van der Waals surface area (Å²) in [6.45, 7) is 1.80. The van der Waals surface area contributed by atoms with Gasteiger partial charge < -0.3 is 0 Å². The number of halogens is 3. The Labute approximate surface area is 96.4 Å². The second kappa shape index (κ2) is 4.22. The minimum atomic E-state index is -0.154. The Morgan fingerprint density at radius 1 is 1.75 bits per heavy atom. The van der Waals surface area contributed by atoms with Crippen LogP contribution in [-0.2, 0) is 0 Å². The molecule has 1 rings (SSSR count). The van der Waals surface area contributed by atoms with Crippen molar-refractivity contribution in [3.63, 3.8) is 0 Å². The molecule has 0 spiro atoms. The number of thiophene rings is 1. The van der Waals surface area contributed by atoms with Gasteiger partial charge in [-0.25, -0.2) is 0 Å². The maximum atomic E-state index is 11.4. The van der Waals surface area contributed by atoms with E-state index >= 15 is 0 Å². The van der Waals surface area contributed by atoms with Gasteiger partial charge in [0.05, 0.1) is 18.5 Å². The Morgan fingerprint density at radius 3 is 2.67 bits per heavy atom. The number of carbonyl (C=O) groups excluding carboxylic acids is 1. The summed E-state index contributed by atoms with van der Waals surface area (Å²) >= 11 is 13.6. The molecule has 0 aromatic carbocycles. The van der Waals surface area contributed by atoms with E-state index in [1.165, 1.54) is 11.3 Å². The molecule has 0 bridgehead atoms. The van der Waals surface area contributed by atoms with E-state index in [4.69, 9.17) is 11.6 Å². The number of Topliss-reactive ketones (excluding diaryl/α,β-unsaturated/α-hetero) is 1. The van der Waals surface area contributed by atoms with Crippen LogP contribution in [0.4, 0.5) is 0 Å². The van der Waals surface area contributed by atoms with Crippen molar-refractivity contribution in [1.29, 1.82) is 0 Å². The Bertz CT molecular complexity index is 289. The average Bonchev–Trinajstić information content (AvgIpc) is 2.30. The van der Waals surface area contributed by atoms with Crippen LogP contribution in [0.25, 0.3) is 0 Å². The molecule has 0 aliphatic rings. The van der Waals surface area contributed by atoms with E-state index in [9.17, 15) is 4.79 Å². The molecule has 1 heterocycles. The van der Waals surface area contributed by atoms with Crippen LogP contribution in [0.15, 0.2) is 9.85 Å². The second-order valence-electron chi connectivity index (χ2n) is 2.21. The van der Waals surface area contributed by atoms with Crippen molar-refractivity contribution in [3.8, 4) is 0 Å². The van der Waals surface area contributed by atoms with E-state index in [2.05, 4.69) is 31.9 Å². The van der Waals surface area contributed by atoms with E-state index in [0.29, 0.717) is 9.90 Å². The van der Waals surface area contributed by atoms with E-state index in [1.54, 1.807) is 13.0 Å². The van der Waals surface area contributed by atoms with Crippen molar-refractivity contribution in [2.24, 2.45) is 0 Å². The molecule has 0 fully saturated rings. The van der Waals surface area contributed by atoms with Crippen LogP contribution in [0.1, 0.15) is 16.6 Å². The number of hydrogen-bond acceptors (Lipinski definition) is 2. The summed E-state index contributed by atoms with van der Waals surface area (Å²) in [7, 11) is 0. The molecule has 66 valence electrons. The molecule has 1 nitrogen and oxygen atoms in total. The first-order valence-corrected chi connectivity index (χ1v) is 6.06. The van der Waals surface area contributed by atoms with Crippen LogP contribution in [0.3, 0.4) is 0 Å². The fraction of sp³-hybridized carbons (Fsp3) is 0.286. The van der Waals surface area contributed by atoms with Gasteiger partial charge in [-0.3, -0.25) is 4.79 Å². The summed E-state index contributed by atoms with van der Waals surface area (Å²) in [6, 6.07) is 1.68. The SMILES string of the molecule is CC(Br)C(=O)c1cc(Cl)c(Br)s1. The van der Waals surface area contributed by atoms with Gasteiger partial charge in [0.2, 0.25) is 0 Å². The third-order valence-corrected chi connectivity index (χ3v) is 4.15. The van der Waals surface area contributed by atoms with Gasteiger partial charge in [0.15, 0.2) is 5.78 Å². The summed E-state index contributed by atoms with van der Waals surface area (Å²) in [5.41, 5.74) is 0. The van der Waals surface area contributed by atoms with Crippen molar-refractivity contribution >= 4 is 60.6 Å². The van der Waals surface area contributed by atoms with Crippen LogP contribution in [0, 0.1) is 0 Å². The van der Waals surface area contributed by atoms with Gasteiger partial charge in [-0.1, -0.05) is 27.5 Å². The third-order valence-electron chi connectivity index (χ3n) is 1.25. The molecule has 0 aliphatic carbocycles. The molecule has 0 saturated heterocycles. The lowest BCUT2D eigenvalue weighted by atomic mass is 10.3. The number of alkyl halides is 1. The minimum absolute atomic E-state index is 0.0626. The Kier molecular flexibility index (Phi) is 3.76. The third kappa shape index (κ3) is 2.31. The molecular formula is C7H5Br2ClOS. The number of carbonyl (C=O) groups is 1. The normalized spacial score (nSPS) is 13.0. The predicted octanol–water partition coefficient (Wildman–Crippen LogP) is 4.13. The molecule has 0 N–H and O–H groups in total. The Hall–Kier alpha value is 0.620. The van der Waals surface area contributed by atoms with Crippen LogP contribution in [0.2, 0.25) is 5.02 Å². The fourth-order valence-electron chi connectivity index (χ4n) is 0.664. The molecule has 1 atom stereocenters. The zero-order valence-corrected chi connectivity index (χ0v) is 10.8. The first-order valence-electron chi connectivity index (χ1n) is 3.15. The van der Waals surface area contributed by atoms with Gasteiger partial charge in [0.1, 0.15) is 0 Å². The molecule has 1 aromatic rings. The molecular weight excluding hydrogens is 327 g/mol. The lowest BCUT2D eigenvalue weighted by Gasteiger charge is -1.96. The molecule has 1 unspecified atom stereocenters. The zero-order valence-electron chi connectivity index (χ0n) is 6.11. The van der Waals surface area contributed by atoms with E-state index in [-0.39, 0.29) is 10.6 Å². The highest BCUT2D eigenvalue weighted by molar-refractivity contribution is 9.11. The van der Waals surface area contributed by atoms with Crippen LogP contribution >= 0.6 is 54.8 Å². The summed E-state index contributed by atoms with van der Waals surface area (Å²) < 4.78 is 0.806. The first kappa shape index (κ1) is 10.7. The van der Waals surface area contributed by atoms with Crippen molar-refractivity contribution < 1.29 is 4.79 Å². The molecule has 0 amide bonds. The largest absolute Gasteiger partial charge is 0.292 e. The van der Waals surface area contributed by atoms with Crippen molar-refractivity contribution in [1.82, 2.24) is 0 Å². The smallest absolute Gasteiger partial charge is 0.186 e. The maximum Gasteiger partial charge on any atom is 0.186 e. The predicted molar refractivity (Wildman–Crippen MR) is 59.7 cm³/mol. The lowest BCUT2D eigenvalue weighted by Crippen LogP contribution is -2.07. The van der Waals surface area contributed by atoms with E-state index in [0.717, 1.165) is 3.79 Å². The number of hydrogen-bond donors (Lipinski definition) is 0. The van der Waals surface area contributed by atoms with Crippen LogP contribution in [0.5, 0.6) is 0 Å². The van der Waals surface area contributed by atoms with Crippen molar-refractivity contribution in [2.45, 2.75) is 11.8 Å². The molecule has 1 aromatic heterocycles. The fourth-order valence-corrected chi connectivity index (χ4v) is 2.79. The van der Waals surface area contributed by atoms with Crippen LogP contribution in [-0.4, -0.2) is 10.6 Å². The van der Waals surface area contributed by atoms with Gasteiger partial charge in [-0.2, -0.15) is 0 Å². The molecule has 0 aliphatic heterocycles. The molecule has 0 radical (unpaired) electrons. The van der Waals surface area contributed by atoms with Gasteiger partial charge in [-0.15, -0.1) is 11.3 Å². The highest BCUT2D eigenvalue weighted by atomic mass is 79.9. The quantitative estimate of drug-likeness (QED) is 0.588. The molecule has 0 saturated carbocycles. The topological polar surface area (TPSA) is 17.1 Å². The zero-order chi connectivity index (χ0) is 9.30. The van der Waals surface area contributed by atoms with Gasteiger partial charge in [0, 0.05) is 0 Å². The lowest BCUT2D eigenvalue weighted by molar-refractivity contribution is 0.0999. The maximum absolute atomic E-state index is 11.4. The van der Waals surface area contributed by atoms with E-state index in [1.807, 2.05) is 0 Å². The van der Waals surface area contributed by atoms with Crippen molar-refractivity contribution in [2.75, 3.05) is 0 Å². The summed E-state index contributed by atoms with van der Waals surface area (Å²) in [5, 5.41) is 0.594. The van der Waals surface area contributed by atoms with Gasteiger partial charge in [-0.05, 0) is 28.9 Å². The Balaban J connectivity index is 2.97. The summed E-state index contributed by atoms with van der Waals surface area (Å²) in [4.78, 5) is 11.9. The highest BCUT2D eigenvalue weighted by Crippen LogP contribution is 2.33. The molecule has 5 heteroatoms. The van der Waals surface area contributed by atoms with Gasteiger partial charge in [0.25, 0.3) is 0 Å². The summed E-state index contributed by atoms with van der Waals surface area (Å²) in [6.07, 6.45) is 0. The van der Waals surface area contributed by atoms with Crippen molar-refractivity contribution in [3.05, 3.63) is 19.8 Å². The second-order valence-corrected chi connectivity index (χ2v) is 6.36. The highest BCUT2D eigenvalue weighted by Gasteiger charge is 2.15. The van der Waals surface area contributed by atoms with Crippen LogP contribution < -0.4 is 0 Å². The van der Waals surface area contributed by atoms with Gasteiger partial charge >= 0.3 is 0 Å². The average molecular weight is 332 g/mol. The number of rotatable bonds is 2. The Morgan fingerprint density at radius 2 is 2.33 bits per heavy atom. The minimum Gasteiger partial charge on any atom is -0.292 e. The first-order chi connectivity index (χ1) is 5.52. The number of ketones is 1. The summed E-state index contributed by atoms with van der Waals surface area (Å²) in [5.74, 6) is 0.0626.